The number of likely N-dealkylation sites (N-methyl/N-ethyl adjacent to an activating group) is 1. The van der Waals surface area contributed by atoms with Gasteiger partial charge < -0.3 is 19.4 Å². The standard InChI is InChI=1S/C25H43N5O3/c1-7-23(31)27-11-13-29(22(16-27)15-26(5)6)21(4)9-8-10-24(32)28-12-14-30(20(2)3)25(17-28)18-33-19-25/h7-8,10,20-22H,1,9,11-19H2,2-6H3/b10-8+. The van der Waals surface area contributed by atoms with Crippen molar-refractivity contribution in [3.05, 3.63) is 24.8 Å². The Morgan fingerprint density at radius 1 is 1.09 bits per heavy atom. The lowest BCUT2D eigenvalue weighted by atomic mass is 9.90. The summed E-state index contributed by atoms with van der Waals surface area (Å²) in [5.41, 5.74) is -0.00877. The first-order valence-corrected chi connectivity index (χ1v) is 12.3. The van der Waals surface area contributed by atoms with Crippen LogP contribution in [0.25, 0.3) is 0 Å². The van der Waals surface area contributed by atoms with Gasteiger partial charge in [-0.15, -0.1) is 0 Å². The van der Waals surface area contributed by atoms with Gasteiger partial charge in [-0.2, -0.15) is 0 Å². The molecule has 3 fully saturated rings. The number of nitrogens with zero attached hydrogens (tertiary/aromatic N) is 5. The van der Waals surface area contributed by atoms with Crippen molar-refractivity contribution in [2.24, 2.45) is 0 Å². The fraction of sp³-hybridized carbons (Fsp3) is 0.760. The molecule has 0 aromatic rings. The van der Waals surface area contributed by atoms with Gasteiger partial charge >= 0.3 is 0 Å². The largest absolute Gasteiger partial charge is 0.377 e. The van der Waals surface area contributed by atoms with Crippen molar-refractivity contribution in [1.82, 2.24) is 24.5 Å². The number of carbonyl (C=O) groups excluding carboxylic acids is 2. The van der Waals surface area contributed by atoms with E-state index in [2.05, 4.69) is 56.1 Å². The molecule has 8 nitrogen and oxygen atoms in total. The molecule has 3 saturated heterocycles. The zero-order valence-electron chi connectivity index (χ0n) is 21.2. The van der Waals surface area contributed by atoms with Crippen LogP contribution in [0.4, 0.5) is 0 Å². The summed E-state index contributed by atoms with van der Waals surface area (Å²) >= 11 is 0. The maximum absolute atomic E-state index is 12.9. The number of amides is 2. The fourth-order valence-corrected chi connectivity index (χ4v) is 5.55. The molecule has 1 spiro atoms. The minimum atomic E-state index is -0.00877. The van der Waals surface area contributed by atoms with E-state index in [0.29, 0.717) is 38.4 Å². The molecule has 2 unspecified atom stereocenters. The van der Waals surface area contributed by atoms with E-state index < -0.39 is 0 Å². The highest BCUT2D eigenvalue weighted by molar-refractivity contribution is 5.88. The Morgan fingerprint density at radius 3 is 2.36 bits per heavy atom. The van der Waals surface area contributed by atoms with Crippen LogP contribution >= 0.6 is 0 Å². The Labute approximate surface area is 199 Å². The predicted molar refractivity (Wildman–Crippen MR) is 131 cm³/mol. The van der Waals surface area contributed by atoms with Gasteiger partial charge in [0.1, 0.15) is 0 Å². The lowest BCUT2D eigenvalue weighted by molar-refractivity contribution is -0.182. The maximum Gasteiger partial charge on any atom is 0.246 e. The number of ether oxygens (including phenoxy) is 1. The maximum atomic E-state index is 12.9. The van der Waals surface area contributed by atoms with E-state index in [1.807, 2.05) is 15.9 Å². The Hall–Kier alpha value is -1.74. The second kappa shape index (κ2) is 11.1. The van der Waals surface area contributed by atoms with Gasteiger partial charge in [0.25, 0.3) is 0 Å². The Kier molecular flexibility index (Phi) is 8.72. The summed E-state index contributed by atoms with van der Waals surface area (Å²) in [5.74, 6) is 0.104. The van der Waals surface area contributed by atoms with Gasteiger partial charge in [0.15, 0.2) is 0 Å². The number of hydrogen-bond donors (Lipinski definition) is 0. The third-order valence-electron chi connectivity index (χ3n) is 7.28. The highest BCUT2D eigenvalue weighted by Gasteiger charge is 2.49. The number of hydrogen-bond acceptors (Lipinski definition) is 6. The normalized spacial score (nSPS) is 25.1. The topological polar surface area (TPSA) is 59.6 Å². The van der Waals surface area contributed by atoms with Crippen molar-refractivity contribution in [1.29, 1.82) is 0 Å². The van der Waals surface area contributed by atoms with Crippen LogP contribution in [-0.2, 0) is 14.3 Å². The van der Waals surface area contributed by atoms with Gasteiger partial charge in [-0.1, -0.05) is 12.7 Å². The summed E-state index contributed by atoms with van der Waals surface area (Å²) in [6.07, 6.45) is 6.00. The van der Waals surface area contributed by atoms with Gasteiger partial charge in [-0.05, 0) is 53.4 Å². The zero-order chi connectivity index (χ0) is 24.2. The highest BCUT2D eigenvalue weighted by Crippen LogP contribution is 2.31. The molecule has 0 saturated carbocycles. The average molecular weight is 462 g/mol. The molecule has 3 rings (SSSR count). The van der Waals surface area contributed by atoms with Crippen LogP contribution in [0.1, 0.15) is 27.2 Å². The van der Waals surface area contributed by atoms with Crippen molar-refractivity contribution in [3.63, 3.8) is 0 Å². The number of carbonyl (C=O) groups is 2. The highest BCUT2D eigenvalue weighted by atomic mass is 16.5. The molecule has 186 valence electrons. The molecule has 8 heteroatoms. The zero-order valence-corrected chi connectivity index (χ0v) is 21.2. The first-order valence-electron chi connectivity index (χ1n) is 12.3. The van der Waals surface area contributed by atoms with Gasteiger partial charge in [0.05, 0.1) is 18.8 Å². The molecule has 0 bridgehead atoms. The van der Waals surface area contributed by atoms with Crippen LogP contribution in [0, 0.1) is 0 Å². The molecule has 2 amide bonds. The molecule has 33 heavy (non-hydrogen) atoms. The van der Waals surface area contributed by atoms with E-state index in [1.165, 1.54) is 6.08 Å². The first kappa shape index (κ1) is 25.9. The first-order chi connectivity index (χ1) is 15.7. The number of piperazine rings is 2. The van der Waals surface area contributed by atoms with Crippen LogP contribution < -0.4 is 0 Å². The third kappa shape index (κ3) is 6.04. The Balaban J connectivity index is 1.55. The van der Waals surface area contributed by atoms with Crippen molar-refractivity contribution < 1.29 is 14.3 Å². The van der Waals surface area contributed by atoms with Crippen LogP contribution in [0.3, 0.4) is 0 Å². The molecule has 0 aromatic heterocycles. The van der Waals surface area contributed by atoms with Gasteiger partial charge in [0.2, 0.25) is 11.8 Å². The van der Waals surface area contributed by atoms with Gasteiger partial charge in [-0.3, -0.25) is 19.4 Å². The van der Waals surface area contributed by atoms with E-state index in [0.717, 1.165) is 39.1 Å². The molecule has 3 aliphatic rings. The molecular formula is C25H43N5O3. The summed E-state index contributed by atoms with van der Waals surface area (Å²) < 4.78 is 5.53. The van der Waals surface area contributed by atoms with Crippen LogP contribution in [0.2, 0.25) is 0 Å². The average Bonchev–Trinajstić information content (AvgIpc) is 2.76. The van der Waals surface area contributed by atoms with Crippen molar-refractivity contribution in [2.45, 2.75) is 50.9 Å². The van der Waals surface area contributed by atoms with Gasteiger partial charge in [-0.25, -0.2) is 0 Å². The molecule has 0 radical (unpaired) electrons. The van der Waals surface area contributed by atoms with Crippen molar-refractivity contribution >= 4 is 11.8 Å². The van der Waals surface area contributed by atoms with Gasteiger partial charge in [0, 0.05) is 63.9 Å². The molecule has 0 N–H and O–H groups in total. The SMILES string of the molecule is C=CC(=O)N1CCN(C(C)C/C=C/C(=O)N2CCN(C(C)C)C3(COC3)C2)C(CN(C)C)C1. The van der Waals surface area contributed by atoms with E-state index in [1.54, 1.807) is 6.08 Å². The molecule has 3 heterocycles. The summed E-state index contributed by atoms with van der Waals surface area (Å²) in [5, 5.41) is 0. The monoisotopic (exact) mass is 461 g/mol. The second-order valence-corrected chi connectivity index (χ2v) is 10.4. The number of rotatable bonds is 8. The van der Waals surface area contributed by atoms with Crippen LogP contribution in [0.15, 0.2) is 24.8 Å². The summed E-state index contributed by atoms with van der Waals surface area (Å²) in [7, 11) is 4.13. The van der Waals surface area contributed by atoms with E-state index >= 15 is 0 Å². The lowest BCUT2D eigenvalue weighted by Crippen LogP contribution is -2.73. The molecule has 3 aliphatic heterocycles. The van der Waals surface area contributed by atoms with E-state index in [4.69, 9.17) is 4.74 Å². The Morgan fingerprint density at radius 2 is 1.79 bits per heavy atom. The lowest BCUT2D eigenvalue weighted by Gasteiger charge is -2.56. The molecular weight excluding hydrogens is 418 g/mol. The smallest absolute Gasteiger partial charge is 0.246 e. The molecule has 0 aliphatic carbocycles. The van der Waals surface area contributed by atoms with E-state index in [9.17, 15) is 9.59 Å². The third-order valence-corrected chi connectivity index (χ3v) is 7.28. The van der Waals surface area contributed by atoms with Crippen molar-refractivity contribution in [3.8, 4) is 0 Å². The molecule has 0 aromatic carbocycles. The second-order valence-electron chi connectivity index (χ2n) is 10.4. The summed E-state index contributed by atoms with van der Waals surface area (Å²) in [6.45, 7) is 17.3. The van der Waals surface area contributed by atoms with E-state index in [-0.39, 0.29) is 23.4 Å². The van der Waals surface area contributed by atoms with Crippen molar-refractivity contribution in [2.75, 3.05) is 73.1 Å². The Bertz CT molecular complexity index is 734. The summed E-state index contributed by atoms with van der Waals surface area (Å²) in [4.78, 5) is 36.1. The minimum absolute atomic E-state index is 0.00347. The quantitative estimate of drug-likeness (QED) is 0.501. The van der Waals surface area contributed by atoms with Crippen LogP contribution in [0.5, 0.6) is 0 Å². The summed E-state index contributed by atoms with van der Waals surface area (Å²) in [6, 6.07) is 1.02. The predicted octanol–water partition coefficient (Wildman–Crippen LogP) is 0.903. The fourth-order valence-electron chi connectivity index (χ4n) is 5.55. The van der Waals surface area contributed by atoms with Crippen LogP contribution in [-0.4, -0.2) is 133 Å². The minimum Gasteiger partial charge on any atom is -0.377 e. The molecule has 2 atom stereocenters.